The van der Waals surface area contributed by atoms with E-state index in [9.17, 15) is 4.79 Å². The third-order valence-corrected chi connectivity index (χ3v) is 6.79. The van der Waals surface area contributed by atoms with Gasteiger partial charge in [0.2, 0.25) is 0 Å². The number of aromatic nitrogens is 8. The van der Waals surface area contributed by atoms with E-state index >= 15 is 0 Å². The molecule has 0 spiro atoms. The lowest BCUT2D eigenvalue weighted by molar-refractivity contribution is -0.118. The summed E-state index contributed by atoms with van der Waals surface area (Å²) in [5.41, 5.74) is 6.11. The smallest absolute Gasteiger partial charge is 0.254 e. The highest BCUT2D eigenvalue weighted by atomic mass is 32.1. The van der Waals surface area contributed by atoms with E-state index in [1.54, 1.807) is 34.5 Å². The molecule has 2 N–H and O–H groups in total. The lowest BCUT2D eigenvalue weighted by atomic mass is 10.0. The molecule has 0 fully saturated rings. The highest BCUT2D eigenvalue weighted by molar-refractivity contribution is 7.15. The molecule has 0 aromatic carbocycles. The van der Waals surface area contributed by atoms with Gasteiger partial charge in [0.15, 0.2) is 11.5 Å². The van der Waals surface area contributed by atoms with Gasteiger partial charge in [0.1, 0.15) is 12.2 Å². The van der Waals surface area contributed by atoms with Crippen LogP contribution in [-0.4, -0.2) is 45.6 Å². The van der Waals surface area contributed by atoms with Gasteiger partial charge in [-0.1, -0.05) is 31.7 Å². The van der Waals surface area contributed by atoms with Crippen molar-refractivity contribution in [2.24, 2.45) is 5.92 Å². The van der Waals surface area contributed by atoms with Crippen LogP contribution in [0.25, 0.3) is 22.5 Å². The van der Waals surface area contributed by atoms with Crippen LogP contribution in [0, 0.1) is 12.8 Å². The van der Waals surface area contributed by atoms with Crippen molar-refractivity contribution in [1.82, 2.24) is 45.0 Å². The maximum absolute atomic E-state index is 13.5. The van der Waals surface area contributed by atoms with Gasteiger partial charge >= 0.3 is 0 Å². The highest BCUT2D eigenvalue weighted by Gasteiger charge is 2.25. The second-order valence-corrected chi connectivity index (χ2v) is 9.81. The summed E-state index contributed by atoms with van der Waals surface area (Å²) < 4.78 is 3.64. The van der Waals surface area contributed by atoms with Crippen LogP contribution in [0.4, 0.5) is 0 Å². The van der Waals surface area contributed by atoms with E-state index in [1.165, 1.54) is 11.2 Å². The second kappa shape index (κ2) is 9.28. The molecule has 0 radical (unpaired) electrons. The third kappa shape index (κ3) is 4.27. The first-order chi connectivity index (χ1) is 17.0. The number of carbonyl (C=O) groups excluding carboxylic acids is 1. The summed E-state index contributed by atoms with van der Waals surface area (Å²) in [6.07, 6.45) is 9.18. The summed E-state index contributed by atoms with van der Waals surface area (Å²) in [5.74, 6) is 1.08. The van der Waals surface area contributed by atoms with Crippen molar-refractivity contribution in [1.29, 1.82) is 0 Å². The van der Waals surface area contributed by atoms with Crippen LogP contribution >= 0.6 is 11.3 Å². The molecule has 5 heterocycles. The molecular weight excluding hydrogens is 462 g/mol. The largest absolute Gasteiger partial charge is 0.342 e. The van der Waals surface area contributed by atoms with Crippen LogP contribution in [-0.2, 0) is 11.2 Å². The number of amides is 1. The van der Waals surface area contributed by atoms with Crippen molar-refractivity contribution >= 4 is 29.1 Å². The van der Waals surface area contributed by atoms with Crippen LogP contribution in [0.1, 0.15) is 49.0 Å². The van der Waals surface area contributed by atoms with Gasteiger partial charge in [0.25, 0.3) is 5.91 Å². The van der Waals surface area contributed by atoms with Crippen molar-refractivity contribution in [3.8, 4) is 10.6 Å². The zero-order valence-corrected chi connectivity index (χ0v) is 20.7. The lowest BCUT2D eigenvalue weighted by Gasteiger charge is -2.20. The Balaban J connectivity index is 1.62. The van der Waals surface area contributed by atoms with E-state index in [0.29, 0.717) is 22.9 Å². The van der Waals surface area contributed by atoms with Crippen molar-refractivity contribution in [2.75, 3.05) is 0 Å². The average Bonchev–Trinajstić information content (AvgIpc) is 3.64. The predicted molar refractivity (Wildman–Crippen MR) is 133 cm³/mol. The maximum Gasteiger partial charge on any atom is 0.254 e. The van der Waals surface area contributed by atoms with E-state index in [0.717, 1.165) is 22.7 Å². The Labute approximate surface area is 206 Å². The minimum atomic E-state index is -0.324. The van der Waals surface area contributed by atoms with Crippen molar-refractivity contribution in [3.63, 3.8) is 0 Å². The first-order valence-electron chi connectivity index (χ1n) is 11.3. The lowest BCUT2D eigenvalue weighted by Crippen LogP contribution is -2.33. The van der Waals surface area contributed by atoms with Crippen molar-refractivity contribution in [3.05, 3.63) is 70.5 Å². The fourth-order valence-corrected chi connectivity index (χ4v) is 4.79. The van der Waals surface area contributed by atoms with E-state index < -0.39 is 0 Å². The van der Waals surface area contributed by atoms with Gasteiger partial charge in [-0.3, -0.25) is 14.5 Å². The Hall–Kier alpha value is -4.08. The van der Waals surface area contributed by atoms with Crippen molar-refractivity contribution < 1.29 is 4.79 Å². The molecule has 178 valence electrons. The molecule has 0 aliphatic carbocycles. The molecule has 35 heavy (non-hydrogen) atoms. The van der Waals surface area contributed by atoms with E-state index in [-0.39, 0.29) is 17.9 Å². The van der Waals surface area contributed by atoms with Gasteiger partial charge in [-0.2, -0.15) is 5.10 Å². The summed E-state index contributed by atoms with van der Waals surface area (Å²) in [7, 11) is 0. The quantitative estimate of drug-likeness (QED) is 0.385. The third-order valence-electron chi connectivity index (χ3n) is 5.77. The highest BCUT2D eigenvalue weighted by Crippen LogP contribution is 2.32. The van der Waals surface area contributed by atoms with Crippen LogP contribution in [0.3, 0.4) is 0 Å². The fourth-order valence-electron chi connectivity index (χ4n) is 3.91. The number of aryl methyl sites for hydroxylation is 2. The molecule has 0 bridgehead atoms. The van der Waals surface area contributed by atoms with E-state index in [4.69, 9.17) is 4.98 Å². The summed E-state index contributed by atoms with van der Waals surface area (Å²) >= 11 is 1.67. The number of nitrogens with one attached hydrogen (secondary N) is 2. The van der Waals surface area contributed by atoms with Crippen LogP contribution < -0.4 is 5.32 Å². The molecule has 11 heteroatoms. The Bertz CT molecular complexity index is 1460. The maximum atomic E-state index is 13.5. The molecular formula is C24H25N9OS. The summed E-state index contributed by atoms with van der Waals surface area (Å²) in [5, 5.41) is 18.2. The van der Waals surface area contributed by atoms with Gasteiger partial charge in [-0.05, 0) is 37.5 Å². The Kier molecular flexibility index (Phi) is 6.02. The van der Waals surface area contributed by atoms with E-state index in [1.807, 2.05) is 31.5 Å². The first-order valence-corrected chi connectivity index (χ1v) is 12.2. The molecule has 5 rings (SSSR count). The number of carbonyl (C=O) groups is 1. The fraction of sp³-hybridized carbons (Fsp3) is 0.292. The second-order valence-electron chi connectivity index (χ2n) is 8.53. The predicted octanol–water partition coefficient (Wildman–Crippen LogP) is 3.60. The summed E-state index contributed by atoms with van der Waals surface area (Å²) in [6, 6.07) is 3.81. The number of aromatic amines is 1. The number of nitrogens with zero attached hydrogens (tertiary/aromatic N) is 7. The molecule has 4 aromatic rings. The zero-order chi connectivity index (χ0) is 24.5. The first kappa shape index (κ1) is 22.7. The minimum absolute atomic E-state index is 0.101. The number of rotatable bonds is 7. The van der Waals surface area contributed by atoms with Crippen LogP contribution in [0.15, 0.2) is 48.2 Å². The van der Waals surface area contributed by atoms with Gasteiger partial charge in [0.05, 0.1) is 40.3 Å². The molecule has 1 aliphatic heterocycles. The van der Waals surface area contributed by atoms with Gasteiger partial charge in [-0.25, -0.2) is 14.6 Å². The standard InChI is InChI=1S/C24H25N9OS/c1-5-17-10-27-31-33(17)18-8-7-16(24(34)29-21(14(2)3)22-26-13-28-30-22)12-32-19(11-25-23(18)32)20-9-6-15(4)35-20/h6-7,9-14,21H,5H2,1-4H3,(H,29,34)(H,26,28,30). The number of fused-ring (bicyclic) bond motifs is 1. The van der Waals surface area contributed by atoms with E-state index in [2.05, 4.69) is 55.6 Å². The Morgan fingerprint density at radius 2 is 2.11 bits per heavy atom. The minimum Gasteiger partial charge on any atom is -0.342 e. The molecule has 1 aliphatic rings. The monoisotopic (exact) mass is 487 g/mol. The van der Waals surface area contributed by atoms with Crippen LogP contribution in [0.5, 0.6) is 0 Å². The molecule has 1 amide bonds. The number of H-pyrrole nitrogens is 1. The topological polar surface area (TPSA) is 119 Å². The van der Waals surface area contributed by atoms with Gasteiger partial charge in [0, 0.05) is 11.1 Å². The molecule has 0 saturated heterocycles. The number of imidazole rings is 1. The molecule has 0 saturated carbocycles. The molecule has 10 nitrogen and oxygen atoms in total. The SMILES string of the molecule is CCc1cnnn1C1=C=CC(C(=O)NC(c2ncn[nH]2)C(C)C)=Cn2c(-c3ccc(C)s3)cnc21. The summed E-state index contributed by atoms with van der Waals surface area (Å²) in [4.78, 5) is 24.7. The number of hydrogen-bond donors (Lipinski definition) is 2. The average molecular weight is 488 g/mol. The van der Waals surface area contributed by atoms with Crippen molar-refractivity contribution in [2.45, 2.75) is 40.2 Å². The molecule has 1 atom stereocenters. The normalized spacial score (nSPS) is 13.9. The van der Waals surface area contributed by atoms with Gasteiger partial charge in [-0.15, -0.1) is 16.4 Å². The van der Waals surface area contributed by atoms with Gasteiger partial charge < -0.3 is 5.32 Å². The summed E-state index contributed by atoms with van der Waals surface area (Å²) in [6.45, 7) is 8.14. The Morgan fingerprint density at radius 3 is 2.80 bits per heavy atom. The number of hydrogen-bond acceptors (Lipinski definition) is 7. The molecule has 4 aromatic heterocycles. The Morgan fingerprint density at radius 1 is 1.26 bits per heavy atom. The molecule has 1 unspecified atom stereocenters. The zero-order valence-electron chi connectivity index (χ0n) is 19.9. The number of thiophene rings is 1. The van der Waals surface area contributed by atoms with Crippen LogP contribution in [0.2, 0.25) is 0 Å².